The smallest absolute Gasteiger partial charge is 0.181 e. The third-order valence-corrected chi connectivity index (χ3v) is 3.73. The molecule has 1 aromatic carbocycles. The molecule has 0 saturated carbocycles. The van der Waals surface area contributed by atoms with Crippen LogP contribution in [0.25, 0.3) is 0 Å². The van der Waals surface area contributed by atoms with Crippen LogP contribution in [0.15, 0.2) is 36.9 Å². The van der Waals surface area contributed by atoms with E-state index < -0.39 is 12.4 Å². The van der Waals surface area contributed by atoms with Gasteiger partial charge in [-0.25, -0.2) is 0 Å². The summed E-state index contributed by atoms with van der Waals surface area (Å²) >= 11 is 0. The van der Waals surface area contributed by atoms with Gasteiger partial charge in [-0.3, -0.25) is 0 Å². The Kier molecular flexibility index (Phi) is 6.39. The molecule has 1 aliphatic heterocycles. The lowest BCUT2D eigenvalue weighted by atomic mass is 9.99. The fraction of sp³-hybridized carbons (Fsp3) is 0.529. The summed E-state index contributed by atoms with van der Waals surface area (Å²) in [4.78, 5) is 0. The maximum atomic E-state index is 10.1. The summed E-state index contributed by atoms with van der Waals surface area (Å²) in [5.41, 5.74) is 0.653. The highest BCUT2D eigenvalue weighted by atomic mass is 16.6. The molecule has 22 heavy (non-hydrogen) atoms. The van der Waals surface area contributed by atoms with Gasteiger partial charge in [-0.2, -0.15) is 0 Å². The first-order chi connectivity index (χ1) is 10.6. The first kappa shape index (κ1) is 17.0. The van der Waals surface area contributed by atoms with Crippen molar-refractivity contribution in [1.29, 1.82) is 0 Å². The molecule has 1 fully saturated rings. The third-order valence-electron chi connectivity index (χ3n) is 3.73. The van der Waals surface area contributed by atoms with Gasteiger partial charge in [0.25, 0.3) is 0 Å². The fourth-order valence-corrected chi connectivity index (χ4v) is 2.59. The topological polar surface area (TPSA) is 68.2 Å². The molecule has 0 aromatic heterocycles. The fourth-order valence-electron chi connectivity index (χ4n) is 2.59. The van der Waals surface area contributed by atoms with Crippen LogP contribution in [0.4, 0.5) is 0 Å². The number of ether oxygens (including phenoxy) is 3. The lowest BCUT2D eigenvalue weighted by Gasteiger charge is -2.33. The molecule has 1 saturated heterocycles. The van der Waals surface area contributed by atoms with Crippen LogP contribution < -0.4 is 4.74 Å². The average Bonchev–Trinajstić information content (AvgIpc) is 2.52. The number of aliphatic hydroxyl groups excluding tert-OH is 2. The summed E-state index contributed by atoms with van der Waals surface area (Å²) in [5, 5.41) is 19.9. The second kappa shape index (κ2) is 8.29. The van der Waals surface area contributed by atoms with E-state index in [2.05, 4.69) is 6.58 Å². The maximum absolute atomic E-state index is 10.1. The van der Waals surface area contributed by atoms with E-state index in [0.29, 0.717) is 24.8 Å². The highest BCUT2D eigenvalue weighted by molar-refractivity contribution is 5.27. The first-order valence-corrected chi connectivity index (χ1v) is 7.50. The SMILES string of the molecule is C=CC[C@@H]1CC(O)CC(COC(O)c2ccc(OC)cc2)O1. The molecule has 3 unspecified atom stereocenters. The minimum Gasteiger partial charge on any atom is -0.497 e. The predicted octanol–water partition coefficient (Wildman–Crippen LogP) is 2.19. The van der Waals surface area contributed by atoms with E-state index in [9.17, 15) is 10.2 Å². The van der Waals surface area contributed by atoms with Crippen molar-refractivity contribution in [2.45, 2.75) is 43.9 Å². The zero-order valence-corrected chi connectivity index (χ0v) is 12.9. The van der Waals surface area contributed by atoms with E-state index in [0.717, 1.165) is 5.75 Å². The minimum atomic E-state index is -1.02. The largest absolute Gasteiger partial charge is 0.497 e. The zero-order chi connectivity index (χ0) is 15.9. The van der Waals surface area contributed by atoms with E-state index in [-0.39, 0.29) is 18.8 Å². The molecule has 0 aliphatic carbocycles. The molecule has 122 valence electrons. The van der Waals surface area contributed by atoms with E-state index in [4.69, 9.17) is 14.2 Å². The molecule has 0 amide bonds. The molecule has 0 radical (unpaired) electrons. The number of methoxy groups -OCH3 is 1. The van der Waals surface area contributed by atoms with Crippen molar-refractivity contribution in [3.63, 3.8) is 0 Å². The van der Waals surface area contributed by atoms with Crippen LogP contribution >= 0.6 is 0 Å². The number of benzene rings is 1. The maximum Gasteiger partial charge on any atom is 0.181 e. The Morgan fingerprint density at radius 2 is 2.00 bits per heavy atom. The van der Waals surface area contributed by atoms with Gasteiger partial charge in [0.05, 0.1) is 32.0 Å². The van der Waals surface area contributed by atoms with E-state index in [1.165, 1.54) is 0 Å². The summed E-state index contributed by atoms with van der Waals surface area (Å²) < 4.78 is 16.4. The molecule has 1 heterocycles. The summed E-state index contributed by atoms with van der Waals surface area (Å²) in [6.07, 6.45) is 1.94. The Labute approximate surface area is 131 Å². The lowest BCUT2D eigenvalue weighted by molar-refractivity contribution is -0.167. The lowest BCUT2D eigenvalue weighted by Crippen LogP contribution is -2.38. The Morgan fingerprint density at radius 3 is 2.64 bits per heavy atom. The van der Waals surface area contributed by atoms with Gasteiger partial charge in [0.2, 0.25) is 0 Å². The summed E-state index contributed by atoms with van der Waals surface area (Å²) in [5.74, 6) is 0.724. The molecule has 2 rings (SSSR count). The van der Waals surface area contributed by atoms with E-state index in [1.807, 2.05) is 0 Å². The van der Waals surface area contributed by atoms with Crippen molar-refractivity contribution in [3.8, 4) is 5.75 Å². The van der Waals surface area contributed by atoms with Gasteiger partial charge in [-0.05, 0) is 25.0 Å². The normalized spacial score (nSPS) is 26.4. The van der Waals surface area contributed by atoms with Crippen LogP contribution in [0.5, 0.6) is 5.75 Å². The molecule has 0 bridgehead atoms. The first-order valence-electron chi connectivity index (χ1n) is 7.50. The van der Waals surface area contributed by atoms with Gasteiger partial charge in [0.15, 0.2) is 6.29 Å². The Balaban J connectivity index is 1.84. The molecule has 1 aliphatic rings. The van der Waals surface area contributed by atoms with Crippen LogP contribution in [-0.4, -0.2) is 42.2 Å². The highest BCUT2D eigenvalue weighted by Crippen LogP contribution is 2.24. The molecular weight excluding hydrogens is 284 g/mol. The van der Waals surface area contributed by atoms with Crippen LogP contribution in [0.1, 0.15) is 31.1 Å². The van der Waals surface area contributed by atoms with Crippen LogP contribution in [0, 0.1) is 0 Å². The Bertz CT molecular complexity index is 459. The quantitative estimate of drug-likeness (QED) is 0.597. The van der Waals surface area contributed by atoms with Gasteiger partial charge in [0.1, 0.15) is 5.75 Å². The van der Waals surface area contributed by atoms with E-state index >= 15 is 0 Å². The van der Waals surface area contributed by atoms with Crippen molar-refractivity contribution >= 4 is 0 Å². The van der Waals surface area contributed by atoms with Gasteiger partial charge in [0, 0.05) is 12.0 Å². The van der Waals surface area contributed by atoms with Crippen LogP contribution in [-0.2, 0) is 9.47 Å². The van der Waals surface area contributed by atoms with Crippen molar-refractivity contribution in [3.05, 3.63) is 42.5 Å². The Morgan fingerprint density at radius 1 is 1.32 bits per heavy atom. The van der Waals surface area contributed by atoms with Crippen molar-refractivity contribution in [1.82, 2.24) is 0 Å². The second-order valence-electron chi connectivity index (χ2n) is 5.49. The van der Waals surface area contributed by atoms with Crippen molar-refractivity contribution in [2.75, 3.05) is 13.7 Å². The van der Waals surface area contributed by atoms with Crippen molar-refractivity contribution < 1.29 is 24.4 Å². The van der Waals surface area contributed by atoms with Gasteiger partial charge in [-0.1, -0.05) is 18.2 Å². The van der Waals surface area contributed by atoms with Gasteiger partial charge in [-0.15, -0.1) is 6.58 Å². The third kappa shape index (κ3) is 4.81. The van der Waals surface area contributed by atoms with E-state index in [1.54, 1.807) is 37.5 Å². The van der Waals surface area contributed by atoms with Gasteiger partial charge >= 0.3 is 0 Å². The molecule has 5 heteroatoms. The average molecular weight is 308 g/mol. The number of hydrogen-bond acceptors (Lipinski definition) is 5. The monoisotopic (exact) mass is 308 g/mol. The summed E-state index contributed by atoms with van der Waals surface area (Å²) in [7, 11) is 1.59. The molecule has 4 atom stereocenters. The van der Waals surface area contributed by atoms with Crippen LogP contribution in [0.2, 0.25) is 0 Å². The molecule has 2 N–H and O–H groups in total. The van der Waals surface area contributed by atoms with Gasteiger partial charge < -0.3 is 24.4 Å². The van der Waals surface area contributed by atoms with Crippen molar-refractivity contribution in [2.24, 2.45) is 0 Å². The number of rotatable bonds is 7. The second-order valence-corrected chi connectivity index (χ2v) is 5.49. The van der Waals surface area contributed by atoms with Crippen LogP contribution in [0.3, 0.4) is 0 Å². The molecule has 5 nitrogen and oxygen atoms in total. The number of aliphatic hydroxyl groups is 2. The minimum absolute atomic E-state index is 0.0343. The summed E-state index contributed by atoms with van der Waals surface area (Å²) in [6, 6.07) is 7.03. The molecular formula is C17H24O5. The standard InChI is InChI=1S/C17H24O5/c1-3-4-15-9-13(18)10-16(22-15)11-21-17(19)12-5-7-14(20-2)8-6-12/h3,5-8,13,15-19H,1,4,9-11H2,2H3/t13?,15-,16?,17?/m1/s1. The predicted molar refractivity (Wildman–Crippen MR) is 82.6 cm³/mol. The number of hydrogen-bond donors (Lipinski definition) is 2. The Hall–Kier alpha value is -1.40. The molecule has 0 spiro atoms. The summed E-state index contributed by atoms with van der Waals surface area (Å²) in [6.45, 7) is 3.92. The highest BCUT2D eigenvalue weighted by Gasteiger charge is 2.28. The zero-order valence-electron chi connectivity index (χ0n) is 12.9. The molecule has 1 aromatic rings.